The summed E-state index contributed by atoms with van der Waals surface area (Å²) in [4.78, 5) is 0. The van der Waals surface area contributed by atoms with Crippen LogP contribution in [0.15, 0.2) is 36.4 Å². The van der Waals surface area contributed by atoms with E-state index >= 15 is 0 Å². The molecule has 0 radical (unpaired) electrons. The highest BCUT2D eigenvalue weighted by Gasteiger charge is 2.21. The fourth-order valence-electron chi connectivity index (χ4n) is 2.17. The van der Waals surface area contributed by atoms with Crippen molar-refractivity contribution >= 4 is 10.8 Å². The number of aliphatic hydroxyl groups excluding tert-OH is 1. The second kappa shape index (κ2) is 3.24. The Morgan fingerprint density at radius 1 is 1.13 bits per heavy atom. The lowest BCUT2D eigenvalue weighted by Crippen LogP contribution is -2.13. The minimum absolute atomic E-state index is 0.389. The molecule has 1 N–H and O–H groups in total. The number of fused-ring (bicyclic) bond motifs is 3. The van der Waals surface area contributed by atoms with Gasteiger partial charge in [0, 0.05) is 12.0 Å². The van der Waals surface area contributed by atoms with Crippen molar-refractivity contribution in [2.24, 2.45) is 0 Å². The summed E-state index contributed by atoms with van der Waals surface area (Å²) in [6.07, 6.45) is 0.293. The molecule has 1 atom stereocenters. The maximum Gasteiger partial charge on any atom is 0.125 e. The van der Waals surface area contributed by atoms with Crippen molar-refractivity contribution in [3.8, 4) is 5.75 Å². The lowest BCUT2D eigenvalue weighted by Gasteiger charge is -2.23. The van der Waals surface area contributed by atoms with E-state index in [1.165, 1.54) is 0 Å². The van der Waals surface area contributed by atoms with Crippen LogP contribution in [0.25, 0.3) is 10.8 Å². The standard InChI is InChI=1S/C13H12O2/c14-11-7-8-15-12-6-5-9-3-1-2-4-10(9)13(11)12/h1-6,11,14H,7-8H2/t11-/m1/s1. The maximum atomic E-state index is 9.98. The molecule has 76 valence electrons. The van der Waals surface area contributed by atoms with Crippen LogP contribution in [0.5, 0.6) is 5.75 Å². The molecular weight excluding hydrogens is 188 g/mol. The van der Waals surface area contributed by atoms with E-state index in [2.05, 4.69) is 6.07 Å². The van der Waals surface area contributed by atoms with Crippen LogP contribution in [0, 0.1) is 0 Å². The first-order chi connectivity index (χ1) is 7.36. The van der Waals surface area contributed by atoms with E-state index in [1.54, 1.807) is 0 Å². The minimum Gasteiger partial charge on any atom is -0.493 e. The summed E-state index contributed by atoms with van der Waals surface area (Å²) in [5.74, 6) is 0.826. The molecule has 0 aromatic heterocycles. The lowest BCUT2D eigenvalue weighted by atomic mass is 9.96. The second-order valence-corrected chi connectivity index (χ2v) is 3.85. The fourth-order valence-corrected chi connectivity index (χ4v) is 2.17. The quantitative estimate of drug-likeness (QED) is 0.708. The number of rotatable bonds is 0. The average Bonchev–Trinajstić information content (AvgIpc) is 2.29. The molecule has 0 saturated carbocycles. The molecule has 1 aliphatic rings. The second-order valence-electron chi connectivity index (χ2n) is 3.85. The first-order valence-electron chi connectivity index (χ1n) is 5.19. The van der Waals surface area contributed by atoms with Crippen LogP contribution in [-0.2, 0) is 0 Å². The van der Waals surface area contributed by atoms with Crippen molar-refractivity contribution in [2.75, 3.05) is 6.61 Å². The molecule has 0 saturated heterocycles. The first-order valence-corrected chi connectivity index (χ1v) is 5.19. The third-order valence-electron chi connectivity index (χ3n) is 2.91. The Morgan fingerprint density at radius 2 is 2.00 bits per heavy atom. The van der Waals surface area contributed by atoms with Gasteiger partial charge in [-0.25, -0.2) is 0 Å². The molecule has 2 nitrogen and oxygen atoms in total. The highest BCUT2D eigenvalue weighted by Crippen LogP contribution is 2.37. The predicted octanol–water partition coefficient (Wildman–Crippen LogP) is 2.66. The predicted molar refractivity (Wildman–Crippen MR) is 59.0 cm³/mol. The number of benzene rings is 2. The summed E-state index contributed by atoms with van der Waals surface area (Å²) in [7, 11) is 0. The lowest BCUT2D eigenvalue weighted by molar-refractivity contribution is 0.117. The van der Waals surface area contributed by atoms with Gasteiger partial charge in [0.05, 0.1) is 12.7 Å². The van der Waals surface area contributed by atoms with Crippen LogP contribution in [0.4, 0.5) is 0 Å². The zero-order valence-corrected chi connectivity index (χ0v) is 8.31. The van der Waals surface area contributed by atoms with E-state index in [0.717, 1.165) is 22.1 Å². The van der Waals surface area contributed by atoms with E-state index in [-0.39, 0.29) is 6.10 Å². The topological polar surface area (TPSA) is 29.5 Å². The van der Waals surface area contributed by atoms with Gasteiger partial charge in [0.1, 0.15) is 5.75 Å². The first kappa shape index (κ1) is 8.74. The summed E-state index contributed by atoms with van der Waals surface area (Å²) in [5, 5.41) is 12.2. The fraction of sp³-hybridized carbons (Fsp3) is 0.231. The van der Waals surface area contributed by atoms with Gasteiger partial charge in [-0.3, -0.25) is 0 Å². The van der Waals surface area contributed by atoms with Crippen molar-refractivity contribution in [3.63, 3.8) is 0 Å². The van der Waals surface area contributed by atoms with Gasteiger partial charge in [-0.05, 0) is 16.8 Å². The Hall–Kier alpha value is -1.54. The minimum atomic E-state index is -0.389. The van der Waals surface area contributed by atoms with Crippen LogP contribution in [0.1, 0.15) is 18.1 Å². The number of hydrogen-bond acceptors (Lipinski definition) is 2. The Balaban J connectivity index is 2.35. The summed E-state index contributed by atoms with van der Waals surface area (Å²) in [6.45, 7) is 0.604. The molecule has 0 spiro atoms. The van der Waals surface area contributed by atoms with Gasteiger partial charge in [0.2, 0.25) is 0 Å². The van der Waals surface area contributed by atoms with Crippen molar-refractivity contribution in [3.05, 3.63) is 42.0 Å². The molecule has 15 heavy (non-hydrogen) atoms. The molecule has 0 unspecified atom stereocenters. The zero-order valence-electron chi connectivity index (χ0n) is 8.31. The maximum absolute atomic E-state index is 9.98. The highest BCUT2D eigenvalue weighted by atomic mass is 16.5. The van der Waals surface area contributed by atoms with E-state index in [0.29, 0.717) is 13.0 Å². The monoisotopic (exact) mass is 200 g/mol. The normalized spacial score (nSPS) is 19.7. The zero-order chi connectivity index (χ0) is 10.3. The van der Waals surface area contributed by atoms with Gasteiger partial charge in [0.25, 0.3) is 0 Å². The van der Waals surface area contributed by atoms with Gasteiger partial charge in [-0.2, -0.15) is 0 Å². The number of ether oxygens (including phenoxy) is 1. The Morgan fingerprint density at radius 3 is 2.93 bits per heavy atom. The Bertz CT molecular complexity index is 505. The average molecular weight is 200 g/mol. The van der Waals surface area contributed by atoms with Crippen molar-refractivity contribution in [1.82, 2.24) is 0 Å². The summed E-state index contributed by atoms with van der Waals surface area (Å²) < 4.78 is 5.54. The van der Waals surface area contributed by atoms with Gasteiger partial charge in [-0.1, -0.05) is 30.3 Å². The van der Waals surface area contributed by atoms with Crippen molar-refractivity contribution in [2.45, 2.75) is 12.5 Å². The molecule has 3 rings (SSSR count). The molecule has 2 aromatic rings. The molecular formula is C13H12O2. The van der Waals surface area contributed by atoms with Gasteiger partial charge in [-0.15, -0.1) is 0 Å². The molecule has 0 amide bonds. The van der Waals surface area contributed by atoms with E-state index in [9.17, 15) is 5.11 Å². The molecule has 1 heterocycles. The van der Waals surface area contributed by atoms with Crippen LogP contribution < -0.4 is 4.74 Å². The number of hydrogen-bond donors (Lipinski definition) is 1. The van der Waals surface area contributed by atoms with Gasteiger partial charge in [0.15, 0.2) is 0 Å². The SMILES string of the molecule is O[C@@H]1CCOc2ccc3ccccc3c21. The number of aliphatic hydroxyl groups is 1. The van der Waals surface area contributed by atoms with E-state index < -0.39 is 0 Å². The van der Waals surface area contributed by atoms with Crippen LogP contribution in [-0.4, -0.2) is 11.7 Å². The van der Waals surface area contributed by atoms with Crippen molar-refractivity contribution < 1.29 is 9.84 Å². The molecule has 0 fully saturated rings. The molecule has 1 aliphatic heterocycles. The largest absolute Gasteiger partial charge is 0.493 e. The molecule has 2 aromatic carbocycles. The molecule has 0 bridgehead atoms. The van der Waals surface area contributed by atoms with Crippen molar-refractivity contribution in [1.29, 1.82) is 0 Å². The van der Waals surface area contributed by atoms with Gasteiger partial charge >= 0.3 is 0 Å². The smallest absolute Gasteiger partial charge is 0.125 e. The summed E-state index contributed by atoms with van der Waals surface area (Å²) in [6, 6.07) is 12.1. The van der Waals surface area contributed by atoms with E-state index in [1.807, 2.05) is 30.3 Å². The molecule has 0 aliphatic carbocycles. The third-order valence-corrected chi connectivity index (χ3v) is 2.91. The highest BCUT2D eigenvalue weighted by molar-refractivity contribution is 5.88. The third kappa shape index (κ3) is 1.29. The Kier molecular flexibility index (Phi) is 1.89. The summed E-state index contributed by atoms with van der Waals surface area (Å²) >= 11 is 0. The van der Waals surface area contributed by atoms with Crippen LogP contribution in [0.2, 0.25) is 0 Å². The van der Waals surface area contributed by atoms with E-state index in [4.69, 9.17) is 4.74 Å². The Labute approximate surface area is 88.1 Å². The molecule has 2 heteroatoms. The van der Waals surface area contributed by atoms with Crippen LogP contribution in [0.3, 0.4) is 0 Å². The van der Waals surface area contributed by atoms with Crippen LogP contribution >= 0.6 is 0 Å². The summed E-state index contributed by atoms with van der Waals surface area (Å²) in [5.41, 5.74) is 0.944. The van der Waals surface area contributed by atoms with Gasteiger partial charge < -0.3 is 9.84 Å².